The van der Waals surface area contributed by atoms with E-state index in [9.17, 15) is 4.79 Å². The predicted octanol–water partition coefficient (Wildman–Crippen LogP) is 5.55. The molecule has 2 heterocycles. The van der Waals surface area contributed by atoms with Gasteiger partial charge in [0.2, 0.25) is 5.91 Å². The number of aromatic nitrogens is 2. The number of rotatable bonds is 7. The lowest BCUT2D eigenvalue weighted by Gasteiger charge is -2.24. The highest BCUT2D eigenvalue weighted by atomic mass is 35.5. The van der Waals surface area contributed by atoms with Crippen LogP contribution in [0.25, 0.3) is 17.0 Å². The zero-order valence-corrected chi connectivity index (χ0v) is 19.2. The monoisotopic (exact) mass is 455 g/mol. The Morgan fingerprint density at radius 3 is 2.94 bits per heavy atom. The zero-order chi connectivity index (χ0) is 21.6. The van der Waals surface area contributed by atoms with E-state index in [-0.39, 0.29) is 11.3 Å². The second-order valence-electron chi connectivity index (χ2n) is 7.49. The van der Waals surface area contributed by atoms with E-state index in [2.05, 4.69) is 11.8 Å². The fraction of sp³-hybridized carbons (Fsp3) is 0.375. The van der Waals surface area contributed by atoms with Gasteiger partial charge in [0.15, 0.2) is 0 Å². The van der Waals surface area contributed by atoms with Gasteiger partial charge in [-0.15, -0.1) is 11.8 Å². The Morgan fingerprint density at radius 2 is 2.13 bits per heavy atom. The van der Waals surface area contributed by atoms with E-state index < -0.39 is 0 Å². The quantitative estimate of drug-likeness (QED) is 0.405. The van der Waals surface area contributed by atoms with Gasteiger partial charge < -0.3 is 9.64 Å². The van der Waals surface area contributed by atoms with Crippen LogP contribution in [0.3, 0.4) is 0 Å². The number of carbonyl (C=O) groups is 1. The number of allylic oxidation sites excluding steroid dienone is 3. The molecule has 1 atom stereocenters. The standard InChI is InChI=1S/C24H26ClN3O2S/c1-30-16-10-15-27-20(29)17-31-24(27)21-22(18-11-6-5-7-12-18)26-28(23(21)25)19-13-8-3-2-4-9-14-19/h5-9,11-13,24H,2-4,10,15-17H2,1H3/b13-8-. The summed E-state index contributed by atoms with van der Waals surface area (Å²) in [5.41, 5.74) is 6.82. The molecule has 0 bridgehead atoms. The first-order valence-electron chi connectivity index (χ1n) is 10.6. The Hall–Kier alpha value is -2.24. The maximum atomic E-state index is 12.7. The molecule has 31 heavy (non-hydrogen) atoms. The smallest absolute Gasteiger partial charge is 0.233 e. The van der Waals surface area contributed by atoms with Crippen LogP contribution in [0.1, 0.15) is 36.6 Å². The normalized spacial score (nSPS) is 19.9. The zero-order valence-electron chi connectivity index (χ0n) is 17.6. The van der Waals surface area contributed by atoms with E-state index in [0.717, 1.165) is 48.2 Å². The number of amides is 1. The van der Waals surface area contributed by atoms with Crippen molar-refractivity contribution in [1.82, 2.24) is 14.7 Å². The van der Waals surface area contributed by atoms with Crippen molar-refractivity contribution in [3.63, 3.8) is 0 Å². The molecule has 1 aromatic heterocycles. The van der Waals surface area contributed by atoms with Crippen molar-refractivity contribution in [3.05, 3.63) is 65.0 Å². The second kappa shape index (κ2) is 10.4. The van der Waals surface area contributed by atoms with E-state index in [1.54, 1.807) is 23.6 Å². The molecule has 5 nitrogen and oxygen atoms in total. The molecule has 1 aliphatic carbocycles. The summed E-state index contributed by atoms with van der Waals surface area (Å²) in [6.45, 7) is 1.24. The molecule has 0 N–H and O–H groups in total. The van der Waals surface area contributed by atoms with Crippen LogP contribution in [0.5, 0.6) is 0 Å². The lowest BCUT2D eigenvalue weighted by molar-refractivity contribution is -0.128. The number of hydrogen-bond acceptors (Lipinski definition) is 4. The third-order valence-electron chi connectivity index (χ3n) is 5.35. The van der Waals surface area contributed by atoms with E-state index in [4.69, 9.17) is 21.4 Å². The van der Waals surface area contributed by atoms with Gasteiger partial charge >= 0.3 is 0 Å². The van der Waals surface area contributed by atoms with Gasteiger partial charge in [0.25, 0.3) is 0 Å². The molecule has 1 fully saturated rings. The first-order valence-corrected chi connectivity index (χ1v) is 12.0. The molecule has 0 radical (unpaired) electrons. The highest BCUT2D eigenvalue weighted by molar-refractivity contribution is 8.00. The van der Waals surface area contributed by atoms with Gasteiger partial charge in [-0.05, 0) is 37.8 Å². The minimum Gasteiger partial charge on any atom is -0.385 e. The van der Waals surface area contributed by atoms with Gasteiger partial charge in [0.05, 0.1) is 11.3 Å². The number of carbonyl (C=O) groups excluding carboxylic acids is 1. The first-order chi connectivity index (χ1) is 15.2. The highest BCUT2D eigenvalue weighted by Gasteiger charge is 2.37. The maximum absolute atomic E-state index is 12.7. The van der Waals surface area contributed by atoms with Crippen LogP contribution in [0.15, 0.2) is 54.3 Å². The minimum atomic E-state index is -0.178. The van der Waals surface area contributed by atoms with Crippen LogP contribution in [0.4, 0.5) is 0 Å². The minimum absolute atomic E-state index is 0.124. The average Bonchev–Trinajstić information content (AvgIpc) is 3.28. The van der Waals surface area contributed by atoms with E-state index in [1.807, 2.05) is 47.4 Å². The van der Waals surface area contributed by atoms with Gasteiger partial charge in [0.1, 0.15) is 21.9 Å². The summed E-state index contributed by atoms with van der Waals surface area (Å²) in [5, 5.41) is 5.27. The highest BCUT2D eigenvalue weighted by Crippen LogP contribution is 2.46. The van der Waals surface area contributed by atoms with Gasteiger partial charge in [-0.3, -0.25) is 4.79 Å². The van der Waals surface area contributed by atoms with Gasteiger partial charge in [-0.25, -0.2) is 4.68 Å². The molecule has 2 aliphatic rings. The number of halogens is 1. The number of ether oxygens (including phenoxy) is 1. The molecule has 162 valence electrons. The summed E-state index contributed by atoms with van der Waals surface area (Å²) in [5.74, 6) is 0.564. The predicted molar refractivity (Wildman–Crippen MR) is 127 cm³/mol. The molecular formula is C24H26ClN3O2S. The summed E-state index contributed by atoms with van der Waals surface area (Å²) < 4.78 is 6.95. The van der Waals surface area contributed by atoms with Crippen LogP contribution >= 0.6 is 23.4 Å². The van der Waals surface area contributed by atoms with Crippen molar-refractivity contribution < 1.29 is 9.53 Å². The third-order valence-corrected chi connectivity index (χ3v) is 6.93. The molecule has 1 amide bonds. The van der Waals surface area contributed by atoms with Crippen molar-refractivity contribution in [3.8, 4) is 11.3 Å². The molecule has 0 spiro atoms. The van der Waals surface area contributed by atoms with Crippen molar-refractivity contribution in [1.29, 1.82) is 0 Å². The summed E-state index contributed by atoms with van der Waals surface area (Å²) in [6.07, 6.45) is 10.1. The summed E-state index contributed by atoms with van der Waals surface area (Å²) >= 11 is 8.58. The average molecular weight is 456 g/mol. The Bertz CT molecular complexity index is 1020. The van der Waals surface area contributed by atoms with Crippen molar-refractivity contribution in [2.24, 2.45) is 0 Å². The molecule has 2 aromatic rings. The summed E-state index contributed by atoms with van der Waals surface area (Å²) in [6, 6.07) is 10.0. The Morgan fingerprint density at radius 1 is 1.29 bits per heavy atom. The Labute approximate surface area is 192 Å². The van der Waals surface area contributed by atoms with Gasteiger partial charge in [-0.1, -0.05) is 53.7 Å². The first kappa shape index (κ1) is 22.0. The van der Waals surface area contributed by atoms with Crippen molar-refractivity contribution in [2.75, 3.05) is 26.0 Å². The van der Waals surface area contributed by atoms with Crippen LogP contribution in [0, 0.1) is 0 Å². The van der Waals surface area contributed by atoms with Crippen LogP contribution < -0.4 is 0 Å². The molecule has 1 aliphatic heterocycles. The Balaban J connectivity index is 1.81. The fourth-order valence-electron chi connectivity index (χ4n) is 3.80. The van der Waals surface area contributed by atoms with Crippen LogP contribution in [0.2, 0.25) is 5.15 Å². The molecule has 1 aromatic carbocycles. The van der Waals surface area contributed by atoms with Crippen LogP contribution in [-0.4, -0.2) is 46.6 Å². The van der Waals surface area contributed by atoms with Crippen LogP contribution in [-0.2, 0) is 9.53 Å². The largest absolute Gasteiger partial charge is 0.385 e. The van der Waals surface area contributed by atoms with E-state index in [0.29, 0.717) is 24.1 Å². The molecule has 7 heteroatoms. The van der Waals surface area contributed by atoms with Gasteiger partial charge in [0, 0.05) is 25.8 Å². The van der Waals surface area contributed by atoms with Crippen molar-refractivity contribution in [2.45, 2.75) is 31.1 Å². The number of nitrogens with zero attached hydrogens (tertiary/aromatic N) is 3. The lowest BCUT2D eigenvalue weighted by Crippen LogP contribution is -2.30. The number of methoxy groups -OCH3 is 1. The third kappa shape index (κ3) is 4.83. The molecular weight excluding hydrogens is 430 g/mol. The maximum Gasteiger partial charge on any atom is 0.233 e. The van der Waals surface area contributed by atoms with Crippen molar-refractivity contribution >= 4 is 35.0 Å². The van der Waals surface area contributed by atoms with Gasteiger partial charge in [-0.2, -0.15) is 5.10 Å². The molecule has 1 unspecified atom stereocenters. The molecule has 1 saturated heterocycles. The molecule has 0 saturated carbocycles. The Kier molecular flexibility index (Phi) is 7.36. The topological polar surface area (TPSA) is 47.4 Å². The van der Waals surface area contributed by atoms with E-state index in [1.165, 1.54) is 0 Å². The number of benzene rings is 1. The molecule has 4 rings (SSSR count). The number of hydrogen-bond donors (Lipinski definition) is 0. The summed E-state index contributed by atoms with van der Waals surface area (Å²) in [4.78, 5) is 14.6. The second-order valence-corrected chi connectivity index (χ2v) is 8.92. The van der Waals surface area contributed by atoms with E-state index >= 15 is 0 Å². The summed E-state index contributed by atoms with van der Waals surface area (Å²) in [7, 11) is 1.68. The number of thioether (sulfide) groups is 1. The lowest BCUT2D eigenvalue weighted by atomic mass is 10.1. The fourth-order valence-corrected chi connectivity index (χ4v) is 5.45. The SMILES string of the molecule is COCCCN1C(=O)CSC1c1c(-c2ccccc2)nn(C2=C=CCCC/C=C\2)c1Cl.